The molecule has 1 amide bonds. The molecule has 1 aromatic heterocycles. The zero-order valence-corrected chi connectivity index (χ0v) is 14.2. The Morgan fingerprint density at radius 2 is 1.92 bits per heavy atom. The van der Waals surface area contributed by atoms with Gasteiger partial charge in [0.2, 0.25) is 18.5 Å². The smallest absolute Gasteiger partial charge is 0.426 e. The lowest BCUT2D eigenvalue weighted by atomic mass is 10.2. The number of carbonyl (C=O) groups excluding carboxylic acids is 1. The normalized spacial score (nSPS) is 12.6. The van der Waals surface area contributed by atoms with Crippen LogP contribution in [-0.4, -0.2) is 41.0 Å². The Bertz CT molecular complexity index is 943. The Kier molecular flexibility index (Phi) is 5.07. The first-order valence-corrected chi connectivity index (χ1v) is 8.49. The molecule has 2 rings (SSSR count). The molecule has 0 spiro atoms. The standard InChI is InChI=1S/C14H15N3O7S/c1-9-3-5-11(6-4-9)25(22,23)17(10(2)18)12(14(20)21)7-16-8-13(19)24-15-16/h3-6,8,12H,7H2,1-2H3,(H-,15,19,20,21)/p+1/t12-/m1/s1. The largest absolute Gasteiger partial charge is 0.479 e. The number of hydrogen-bond donors (Lipinski definition) is 2. The molecule has 0 saturated heterocycles. The van der Waals surface area contributed by atoms with E-state index in [-0.39, 0.29) is 9.20 Å². The van der Waals surface area contributed by atoms with E-state index >= 15 is 0 Å². The van der Waals surface area contributed by atoms with Gasteiger partial charge < -0.3 is 5.11 Å². The van der Waals surface area contributed by atoms with Gasteiger partial charge in [0.1, 0.15) is 0 Å². The first-order chi connectivity index (χ1) is 11.6. The van der Waals surface area contributed by atoms with E-state index in [2.05, 4.69) is 9.79 Å². The Labute approximate surface area is 142 Å². The van der Waals surface area contributed by atoms with Crippen molar-refractivity contribution >= 4 is 21.9 Å². The molecular formula is C14H16N3O7S+. The fraction of sp³-hybridized carbons (Fsp3) is 0.286. The summed E-state index contributed by atoms with van der Waals surface area (Å²) in [7, 11) is -4.41. The number of aryl methyl sites for hydroxylation is 1. The van der Waals surface area contributed by atoms with Crippen molar-refractivity contribution in [3.8, 4) is 0 Å². The van der Waals surface area contributed by atoms with Crippen molar-refractivity contribution in [2.75, 3.05) is 0 Å². The van der Waals surface area contributed by atoms with Crippen LogP contribution < -0.4 is 10.3 Å². The molecule has 0 aliphatic rings. The van der Waals surface area contributed by atoms with Crippen molar-refractivity contribution in [1.82, 2.24) is 9.58 Å². The molecule has 0 bridgehead atoms. The lowest BCUT2D eigenvalue weighted by Crippen LogP contribution is -2.55. The number of nitrogens with one attached hydrogen (secondary N) is 1. The highest BCUT2D eigenvalue weighted by atomic mass is 32.2. The van der Waals surface area contributed by atoms with Gasteiger partial charge in [0.15, 0.2) is 0 Å². The van der Waals surface area contributed by atoms with E-state index in [1.165, 1.54) is 24.3 Å². The molecule has 0 unspecified atom stereocenters. The minimum atomic E-state index is -4.41. The van der Waals surface area contributed by atoms with Crippen LogP contribution in [0.1, 0.15) is 12.5 Å². The maximum Gasteiger partial charge on any atom is 0.426 e. The van der Waals surface area contributed by atoms with E-state index in [1.54, 1.807) is 6.92 Å². The van der Waals surface area contributed by atoms with Gasteiger partial charge in [-0.1, -0.05) is 22.4 Å². The average molecular weight is 370 g/mol. The maximum atomic E-state index is 12.8. The summed E-state index contributed by atoms with van der Waals surface area (Å²) in [4.78, 5) is 34.4. The van der Waals surface area contributed by atoms with Crippen LogP contribution in [0.4, 0.5) is 0 Å². The summed E-state index contributed by atoms with van der Waals surface area (Å²) in [5, 5.41) is 11.5. The Morgan fingerprint density at radius 1 is 1.32 bits per heavy atom. The number of aromatic amines is 1. The minimum Gasteiger partial charge on any atom is -0.479 e. The highest BCUT2D eigenvalue weighted by Gasteiger charge is 2.41. The van der Waals surface area contributed by atoms with E-state index in [0.29, 0.717) is 0 Å². The van der Waals surface area contributed by atoms with Gasteiger partial charge in [-0.05, 0) is 24.3 Å². The molecule has 2 N–H and O–H groups in total. The van der Waals surface area contributed by atoms with E-state index < -0.39 is 40.1 Å². The van der Waals surface area contributed by atoms with Crippen LogP contribution >= 0.6 is 0 Å². The third-order valence-electron chi connectivity index (χ3n) is 3.35. The molecule has 2 aromatic rings. The zero-order valence-electron chi connectivity index (χ0n) is 13.4. The van der Waals surface area contributed by atoms with Crippen molar-refractivity contribution in [1.29, 1.82) is 0 Å². The lowest BCUT2D eigenvalue weighted by molar-refractivity contribution is -0.763. The topological polar surface area (TPSA) is 142 Å². The average Bonchev–Trinajstić information content (AvgIpc) is 2.91. The van der Waals surface area contributed by atoms with Crippen molar-refractivity contribution < 1.29 is 32.3 Å². The number of nitrogens with zero attached hydrogens (tertiary/aromatic N) is 2. The first kappa shape index (κ1) is 18.4. The Balaban J connectivity index is 2.48. The van der Waals surface area contributed by atoms with Crippen LogP contribution in [0.3, 0.4) is 0 Å². The molecule has 0 saturated carbocycles. The Morgan fingerprint density at radius 3 is 2.36 bits per heavy atom. The molecule has 11 heteroatoms. The summed E-state index contributed by atoms with van der Waals surface area (Å²) < 4.78 is 31.2. The summed E-state index contributed by atoms with van der Waals surface area (Å²) in [5.41, 5.74) is 0.0227. The van der Waals surface area contributed by atoms with Gasteiger partial charge in [0.25, 0.3) is 16.2 Å². The second-order valence-electron chi connectivity index (χ2n) is 5.28. The van der Waals surface area contributed by atoms with Gasteiger partial charge in [-0.3, -0.25) is 9.32 Å². The highest BCUT2D eigenvalue weighted by molar-refractivity contribution is 7.89. The fourth-order valence-corrected chi connectivity index (χ4v) is 3.73. The predicted octanol–water partition coefficient (Wildman–Crippen LogP) is -0.746. The molecule has 1 atom stereocenters. The van der Waals surface area contributed by atoms with Crippen LogP contribution in [0.5, 0.6) is 0 Å². The molecule has 134 valence electrons. The summed E-state index contributed by atoms with van der Waals surface area (Å²) in [5.74, 6) is -2.53. The first-order valence-electron chi connectivity index (χ1n) is 7.05. The maximum absolute atomic E-state index is 12.8. The van der Waals surface area contributed by atoms with Gasteiger partial charge in [-0.15, -0.1) is 0 Å². The minimum absolute atomic E-state index is 0.217. The third kappa shape index (κ3) is 3.94. The molecule has 0 aliphatic carbocycles. The molecule has 1 aromatic carbocycles. The van der Waals surface area contributed by atoms with Gasteiger partial charge in [0, 0.05) is 6.92 Å². The van der Waals surface area contributed by atoms with Crippen molar-refractivity contribution in [2.45, 2.75) is 31.3 Å². The van der Waals surface area contributed by atoms with E-state index in [0.717, 1.165) is 23.4 Å². The van der Waals surface area contributed by atoms with Gasteiger partial charge >= 0.3 is 11.6 Å². The molecule has 0 radical (unpaired) electrons. The number of aliphatic carboxylic acids is 1. The summed E-state index contributed by atoms with van der Waals surface area (Å²) in [6.45, 7) is 2.18. The number of carboxylic acids is 1. The number of H-pyrrole nitrogens is 1. The van der Waals surface area contributed by atoms with Gasteiger partial charge in [-0.25, -0.2) is 22.3 Å². The number of rotatable bonds is 6. The lowest BCUT2D eigenvalue weighted by Gasteiger charge is -2.25. The summed E-state index contributed by atoms with van der Waals surface area (Å²) in [6.07, 6.45) is 0.909. The molecule has 0 fully saturated rings. The monoisotopic (exact) mass is 370 g/mol. The number of carboxylic acid groups (broad SMARTS) is 1. The quantitative estimate of drug-likeness (QED) is 0.637. The highest BCUT2D eigenvalue weighted by Crippen LogP contribution is 2.19. The number of amides is 1. The van der Waals surface area contributed by atoms with Crippen molar-refractivity contribution in [3.05, 3.63) is 46.4 Å². The third-order valence-corrected chi connectivity index (χ3v) is 5.25. The second kappa shape index (κ2) is 6.89. The Hall–Kier alpha value is -2.95. The number of carbonyl (C=O) groups is 2. The molecule has 25 heavy (non-hydrogen) atoms. The second-order valence-corrected chi connectivity index (χ2v) is 7.10. The molecule has 1 heterocycles. The van der Waals surface area contributed by atoms with Crippen LogP contribution in [0, 0.1) is 6.92 Å². The summed E-state index contributed by atoms with van der Waals surface area (Å²) in [6, 6.07) is 3.85. The van der Waals surface area contributed by atoms with Crippen molar-refractivity contribution in [2.24, 2.45) is 0 Å². The van der Waals surface area contributed by atoms with E-state index in [1.807, 2.05) is 0 Å². The predicted molar refractivity (Wildman–Crippen MR) is 81.8 cm³/mol. The van der Waals surface area contributed by atoms with Crippen LogP contribution in [0.25, 0.3) is 0 Å². The van der Waals surface area contributed by atoms with Crippen molar-refractivity contribution in [3.63, 3.8) is 0 Å². The van der Waals surface area contributed by atoms with Crippen LogP contribution in [-0.2, 0) is 26.2 Å². The molecule has 10 nitrogen and oxygen atoms in total. The van der Waals surface area contributed by atoms with Gasteiger partial charge in [-0.2, -0.15) is 0 Å². The van der Waals surface area contributed by atoms with Crippen LogP contribution in [0.2, 0.25) is 0 Å². The SMILES string of the molecule is CC(=O)N([C@H](C[n+]1cc(=O)o[nH]1)C(=O)O)S(=O)(=O)c1ccc(C)cc1. The molecule has 0 aliphatic heterocycles. The van der Waals surface area contributed by atoms with E-state index in [4.69, 9.17) is 0 Å². The zero-order chi connectivity index (χ0) is 18.8. The number of hydrogen-bond acceptors (Lipinski definition) is 6. The fourth-order valence-electron chi connectivity index (χ4n) is 2.19. The number of benzene rings is 1. The number of sulfonamides is 1. The van der Waals surface area contributed by atoms with Gasteiger partial charge in [0.05, 0.1) is 4.90 Å². The van der Waals surface area contributed by atoms with Crippen LogP contribution in [0.15, 0.2) is 44.7 Å². The molecular weight excluding hydrogens is 354 g/mol. The number of aromatic nitrogens is 2. The summed E-state index contributed by atoms with van der Waals surface area (Å²) >= 11 is 0. The van der Waals surface area contributed by atoms with E-state index in [9.17, 15) is 27.9 Å².